The summed E-state index contributed by atoms with van der Waals surface area (Å²) in [6.07, 6.45) is 0.0472. The third kappa shape index (κ3) is 4.83. The molecule has 1 atom stereocenters. The van der Waals surface area contributed by atoms with Gasteiger partial charge in [-0.1, -0.05) is 42.5 Å². The number of hydrogen-bond donors (Lipinski definition) is 2. The number of rotatable bonds is 6. The molecule has 0 saturated carbocycles. The van der Waals surface area contributed by atoms with E-state index in [1.807, 2.05) is 30.3 Å². The number of carbonyl (C=O) groups excluding carboxylic acids is 3. The van der Waals surface area contributed by atoms with Gasteiger partial charge in [-0.15, -0.1) is 0 Å². The number of halogens is 1. The fraction of sp³-hybridized carbons (Fsp3) is 0.160. The van der Waals surface area contributed by atoms with E-state index >= 15 is 0 Å². The number of nitrogens with zero attached hydrogens (tertiary/aromatic N) is 1. The Morgan fingerprint density at radius 3 is 2.38 bits per heavy atom. The van der Waals surface area contributed by atoms with Crippen molar-refractivity contribution in [1.29, 1.82) is 0 Å². The molecule has 4 rings (SSSR count). The van der Waals surface area contributed by atoms with E-state index in [9.17, 15) is 18.8 Å². The molecule has 162 valence electrons. The van der Waals surface area contributed by atoms with E-state index in [0.717, 1.165) is 5.56 Å². The third-order valence-electron chi connectivity index (χ3n) is 5.36. The number of nitrogens with one attached hydrogen (secondary N) is 2. The molecular formula is C25H22FN3O3. The van der Waals surface area contributed by atoms with Crippen LogP contribution < -0.4 is 15.5 Å². The van der Waals surface area contributed by atoms with Crippen LogP contribution in [0.15, 0.2) is 78.9 Å². The smallest absolute Gasteiger partial charge is 0.253 e. The Morgan fingerprint density at radius 2 is 1.62 bits per heavy atom. The van der Waals surface area contributed by atoms with Gasteiger partial charge in [-0.2, -0.15) is 0 Å². The second kappa shape index (κ2) is 9.43. The molecule has 1 unspecified atom stereocenters. The van der Waals surface area contributed by atoms with Gasteiger partial charge in [0.25, 0.3) is 5.91 Å². The van der Waals surface area contributed by atoms with Gasteiger partial charge in [-0.25, -0.2) is 4.39 Å². The van der Waals surface area contributed by atoms with Gasteiger partial charge in [0.15, 0.2) is 0 Å². The average molecular weight is 431 g/mol. The Hall–Kier alpha value is -4.00. The Balaban J connectivity index is 1.42. The van der Waals surface area contributed by atoms with Crippen LogP contribution in [0.2, 0.25) is 0 Å². The molecule has 3 aromatic carbocycles. The van der Waals surface area contributed by atoms with Crippen LogP contribution in [0.3, 0.4) is 0 Å². The van der Waals surface area contributed by atoms with E-state index in [4.69, 9.17) is 0 Å². The molecule has 1 heterocycles. The molecule has 3 aromatic rings. The van der Waals surface area contributed by atoms with Crippen molar-refractivity contribution < 1.29 is 18.8 Å². The Kier molecular flexibility index (Phi) is 6.26. The molecule has 0 radical (unpaired) electrons. The van der Waals surface area contributed by atoms with Crippen LogP contribution in [-0.2, 0) is 16.1 Å². The van der Waals surface area contributed by atoms with Gasteiger partial charge >= 0.3 is 0 Å². The van der Waals surface area contributed by atoms with E-state index in [1.54, 1.807) is 24.3 Å². The van der Waals surface area contributed by atoms with Crippen LogP contribution in [0.5, 0.6) is 0 Å². The summed E-state index contributed by atoms with van der Waals surface area (Å²) in [5.41, 5.74) is 2.24. The number of benzene rings is 3. The number of para-hydroxylation sites is 1. The van der Waals surface area contributed by atoms with Crippen molar-refractivity contribution >= 4 is 29.1 Å². The summed E-state index contributed by atoms with van der Waals surface area (Å²) >= 11 is 0. The monoisotopic (exact) mass is 431 g/mol. The van der Waals surface area contributed by atoms with Gasteiger partial charge in [0.1, 0.15) is 5.82 Å². The molecule has 2 N–H and O–H groups in total. The minimum absolute atomic E-state index is 0.0472. The summed E-state index contributed by atoms with van der Waals surface area (Å²) in [6, 6.07) is 21.9. The van der Waals surface area contributed by atoms with Crippen molar-refractivity contribution in [3.63, 3.8) is 0 Å². The van der Waals surface area contributed by atoms with E-state index in [-0.39, 0.29) is 30.7 Å². The highest BCUT2D eigenvalue weighted by atomic mass is 19.1. The lowest BCUT2D eigenvalue weighted by molar-refractivity contribution is -0.122. The highest BCUT2D eigenvalue weighted by Gasteiger charge is 2.35. The molecule has 0 aromatic heterocycles. The van der Waals surface area contributed by atoms with Crippen molar-refractivity contribution in [2.45, 2.75) is 13.0 Å². The second-order valence-corrected chi connectivity index (χ2v) is 7.58. The largest absolute Gasteiger partial charge is 0.348 e. The lowest BCUT2D eigenvalue weighted by Crippen LogP contribution is -2.29. The normalized spacial score (nSPS) is 15.5. The van der Waals surface area contributed by atoms with Crippen molar-refractivity contribution in [1.82, 2.24) is 5.32 Å². The van der Waals surface area contributed by atoms with Crippen LogP contribution in [0.1, 0.15) is 22.3 Å². The Bertz CT molecular complexity index is 1130. The first-order valence-electron chi connectivity index (χ1n) is 10.3. The van der Waals surface area contributed by atoms with Crippen molar-refractivity contribution in [3.05, 3.63) is 95.8 Å². The molecular weight excluding hydrogens is 409 g/mol. The van der Waals surface area contributed by atoms with Gasteiger partial charge in [-0.3, -0.25) is 14.4 Å². The first kappa shape index (κ1) is 21.2. The van der Waals surface area contributed by atoms with Crippen LogP contribution in [0.4, 0.5) is 15.8 Å². The fourth-order valence-corrected chi connectivity index (χ4v) is 3.65. The first-order valence-corrected chi connectivity index (χ1v) is 10.3. The highest BCUT2D eigenvalue weighted by molar-refractivity contribution is 6.07. The molecule has 6 nitrogen and oxygen atoms in total. The van der Waals surface area contributed by atoms with Crippen molar-refractivity contribution in [2.24, 2.45) is 5.92 Å². The number of anilines is 2. The Morgan fingerprint density at radius 1 is 0.938 bits per heavy atom. The molecule has 1 saturated heterocycles. The van der Waals surface area contributed by atoms with Gasteiger partial charge in [0.2, 0.25) is 11.8 Å². The predicted octanol–water partition coefficient (Wildman–Crippen LogP) is 3.75. The number of carbonyl (C=O) groups is 3. The van der Waals surface area contributed by atoms with Crippen molar-refractivity contribution in [2.75, 3.05) is 16.8 Å². The highest BCUT2D eigenvalue weighted by Crippen LogP contribution is 2.27. The maximum atomic E-state index is 13.2. The quantitative estimate of drug-likeness (QED) is 0.624. The first-order chi connectivity index (χ1) is 15.5. The molecule has 0 spiro atoms. The summed E-state index contributed by atoms with van der Waals surface area (Å²) in [5, 5.41) is 5.65. The second-order valence-electron chi connectivity index (χ2n) is 7.58. The standard InChI is InChI=1S/C25H22FN3O3/c26-19-10-12-20(13-11-19)29-16-18(14-23(29)30)24(31)28-22-9-5-4-8-21(22)25(32)27-15-17-6-2-1-3-7-17/h1-13,18H,14-16H2,(H,27,32)(H,28,31). The predicted molar refractivity (Wildman–Crippen MR) is 120 cm³/mol. The fourth-order valence-electron chi connectivity index (χ4n) is 3.65. The zero-order valence-corrected chi connectivity index (χ0v) is 17.3. The van der Waals surface area contributed by atoms with Gasteiger partial charge < -0.3 is 15.5 Å². The number of hydrogen-bond acceptors (Lipinski definition) is 3. The van der Waals surface area contributed by atoms with Gasteiger partial charge in [0, 0.05) is 25.2 Å². The van der Waals surface area contributed by atoms with E-state index in [0.29, 0.717) is 23.5 Å². The summed E-state index contributed by atoms with van der Waals surface area (Å²) in [7, 11) is 0. The lowest BCUT2D eigenvalue weighted by atomic mass is 10.1. The van der Waals surface area contributed by atoms with Crippen LogP contribution in [-0.4, -0.2) is 24.3 Å². The molecule has 0 bridgehead atoms. The lowest BCUT2D eigenvalue weighted by Gasteiger charge is -2.17. The van der Waals surface area contributed by atoms with Gasteiger partial charge in [-0.05, 0) is 42.0 Å². The minimum Gasteiger partial charge on any atom is -0.348 e. The zero-order valence-electron chi connectivity index (χ0n) is 17.3. The van der Waals surface area contributed by atoms with E-state index in [2.05, 4.69) is 10.6 Å². The topological polar surface area (TPSA) is 78.5 Å². The summed E-state index contributed by atoms with van der Waals surface area (Å²) < 4.78 is 13.2. The van der Waals surface area contributed by atoms with Crippen LogP contribution >= 0.6 is 0 Å². The third-order valence-corrected chi connectivity index (χ3v) is 5.36. The average Bonchev–Trinajstić information content (AvgIpc) is 3.21. The molecule has 1 aliphatic heterocycles. The number of amides is 3. The minimum atomic E-state index is -0.576. The summed E-state index contributed by atoms with van der Waals surface area (Å²) in [4.78, 5) is 39.5. The Labute approximate surface area is 185 Å². The maximum Gasteiger partial charge on any atom is 0.253 e. The zero-order chi connectivity index (χ0) is 22.5. The summed E-state index contributed by atoms with van der Waals surface area (Å²) in [5.74, 6) is -1.82. The van der Waals surface area contributed by atoms with Gasteiger partial charge in [0.05, 0.1) is 17.2 Å². The maximum absolute atomic E-state index is 13.2. The van der Waals surface area contributed by atoms with Crippen LogP contribution in [0.25, 0.3) is 0 Å². The summed E-state index contributed by atoms with van der Waals surface area (Å²) in [6.45, 7) is 0.560. The SMILES string of the molecule is O=C(NCc1ccccc1)c1ccccc1NC(=O)C1CC(=O)N(c2ccc(F)cc2)C1. The van der Waals surface area contributed by atoms with E-state index < -0.39 is 11.7 Å². The molecule has 0 aliphatic carbocycles. The molecule has 7 heteroatoms. The molecule has 3 amide bonds. The molecule has 32 heavy (non-hydrogen) atoms. The van der Waals surface area contributed by atoms with Crippen molar-refractivity contribution in [3.8, 4) is 0 Å². The molecule has 1 aliphatic rings. The van der Waals surface area contributed by atoms with E-state index in [1.165, 1.54) is 29.2 Å². The molecule has 1 fully saturated rings. The van der Waals surface area contributed by atoms with Crippen LogP contribution in [0, 0.1) is 11.7 Å².